The Morgan fingerprint density at radius 2 is 1.95 bits per heavy atom. The lowest BCUT2D eigenvalue weighted by molar-refractivity contribution is 0.179. The Hall–Kier alpha value is -1.71. The maximum Gasteiger partial charge on any atom is 0.0831 e. The van der Waals surface area contributed by atoms with Crippen LogP contribution < -0.4 is 0 Å². The highest BCUT2D eigenvalue weighted by molar-refractivity contribution is 9.10. The zero-order valence-electron chi connectivity index (χ0n) is 11.8. The number of pyridine rings is 1. The second-order valence-electron chi connectivity index (χ2n) is 5.22. The smallest absolute Gasteiger partial charge is 0.0831 e. The maximum absolute atomic E-state index is 10.5. The molecule has 0 bridgehead atoms. The molecule has 2 nitrogen and oxygen atoms in total. The van der Waals surface area contributed by atoms with E-state index in [4.69, 9.17) is 0 Å². The predicted octanol–water partition coefficient (Wildman–Crippen LogP) is 4.58. The van der Waals surface area contributed by atoms with E-state index in [9.17, 15) is 5.11 Å². The van der Waals surface area contributed by atoms with Gasteiger partial charge in [0.15, 0.2) is 0 Å². The second kappa shape index (κ2) is 5.96. The van der Waals surface area contributed by atoms with E-state index < -0.39 is 6.10 Å². The number of aromatic nitrogens is 1. The predicted molar refractivity (Wildman–Crippen MR) is 89.3 cm³/mol. The summed E-state index contributed by atoms with van der Waals surface area (Å²) in [6, 6.07) is 16.0. The Balaban J connectivity index is 1.92. The standard InChI is InChI=1S/C18H16BrNO/c1-12-6-7-14(10-16(12)19)18(21)11-13-8-9-20-17-5-3-2-4-15(13)17/h2-10,18,21H,11H2,1H3. The van der Waals surface area contributed by atoms with Crippen molar-refractivity contribution >= 4 is 26.8 Å². The molecule has 0 aliphatic rings. The van der Waals surface area contributed by atoms with Gasteiger partial charge in [-0.15, -0.1) is 0 Å². The first-order chi connectivity index (χ1) is 10.1. The third-order valence-corrected chi connectivity index (χ3v) is 4.59. The molecule has 0 saturated heterocycles. The first-order valence-electron chi connectivity index (χ1n) is 6.92. The van der Waals surface area contributed by atoms with Crippen LogP contribution in [0.4, 0.5) is 0 Å². The number of halogens is 1. The second-order valence-corrected chi connectivity index (χ2v) is 6.07. The van der Waals surface area contributed by atoms with E-state index >= 15 is 0 Å². The molecule has 1 heterocycles. The van der Waals surface area contributed by atoms with Gasteiger partial charge in [-0.3, -0.25) is 4.98 Å². The van der Waals surface area contributed by atoms with Crippen LogP contribution in [-0.2, 0) is 6.42 Å². The summed E-state index contributed by atoms with van der Waals surface area (Å²) in [4.78, 5) is 4.36. The van der Waals surface area contributed by atoms with E-state index in [1.165, 1.54) is 5.56 Å². The van der Waals surface area contributed by atoms with Crippen molar-refractivity contribution in [2.45, 2.75) is 19.4 Å². The van der Waals surface area contributed by atoms with Crippen LogP contribution in [-0.4, -0.2) is 10.1 Å². The summed E-state index contributed by atoms with van der Waals surface area (Å²) in [6.07, 6.45) is 1.86. The number of hydrogen-bond donors (Lipinski definition) is 1. The lowest BCUT2D eigenvalue weighted by Gasteiger charge is -2.14. The molecule has 2 aromatic carbocycles. The highest BCUT2D eigenvalue weighted by Crippen LogP contribution is 2.26. The van der Waals surface area contributed by atoms with Crippen molar-refractivity contribution in [3.63, 3.8) is 0 Å². The van der Waals surface area contributed by atoms with Crippen LogP contribution in [0.2, 0.25) is 0 Å². The van der Waals surface area contributed by atoms with Gasteiger partial charge >= 0.3 is 0 Å². The van der Waals surface area contributed by atoms with E-state index in [1.54, 1.807) is 6.20 Å². The number of benzene rings is 2. The molecule has 1 aromatic heterocycles. The van der Waals surface area contributed by atoms with Gasteiger partial charge in [0, 0.05) is 22.5 Å². The zero-order valence-corrected chi connectivity index (χ0v) is 13.3. The van der Waals surface area contributed by atoms with Crippen LogP contribution >= 0.6 is 15.9 Å². The molecule has 3 rings (SSSR count). The van der Waals surface area contributed by atoms with Gasteiger partial charge in [0.2, 0.25) is 0 Å². The summed E-state index contributed by atoms with van der Waals surface area (Å²) < 4.78 is 1.03. The molecule has 0 fully saturated rings. The fourth-order valence-corrected chi connectivity index (χ4v) is 2.87. The minimum Gasteiger partial charge on any atom is -0.388 e. The van der Waals surface area contributed by atoms with Crippen LogP contribution in [0.5, 0.6) is 0 Å². The van der Waals surface area contributed by atoms with Gasteiger partial charge in [0.05, 0.1) is 11.6 Å². The number of aliphatic hydroxyl groups is 1. The molecular formula is C18H16BrNO. The lowest BCUT2D eigenvalue weighted by atomic mass is 9.98. The number of para-hydroxylation sites is 1. The number of aliphatic hydroxyl groups excluding tert-OH is 1. The summed E-state index contributed by atoms with van der Waals surface area (Å²) >= 11 is 3.52. The number of aryl methyl sites for hydroxylation is 1. The lowest BCUT2D eigenvalue weighted by Crippen LogP contribution is -2.03. The third-order valence-electron chi connectivity index (χ3n) is 3.73. The normalized spacial score (nSPS) is 12.5. The summed E-state index contributed by atoms with van der Waals surface area (Å²) in [5.41, 5.74) is 4.17. The maximum atomic E-state index is 10.5. The topological polar surface area (TPSA) is 33.1 Å². The molecule has 0 aliphatic heterocycles. The van der Waals surface area contributed by atoms with Crippen molar-refractivity contribution in [1.82, 2.24) is 4.98 Å². The van der Waals surface area contributed by atoms with Gasteiger partial charge in [0.25, 0.3) is 0 Å². The molecule has 0 spiro atoms. The van der Waals surface area contributed by atoms with Gasteiger partial charge in [-0.1, -0.05) is 46.3 Å². The largest absolute Gasteiger partial charge is 0.388 e. The van der Waals surface area contributed by atoms with E-state index in [0.717, 1.165) is 26.5 Å². The molecule has 0 aliphatic carbocycles. The average molecular weight is 342 g/mol. The molecule has 3 aromatic rings. The van der Waals surface area contributed by atoms with E-state index in [-0.39, 0.29) is 0 Å². The molecule has 106 valence electrons. The highest BCUT2D eigenvalue weighted by Gasteiger charge is 2.12. The average Bonchev–Trinajstić information content (AvgIpc) is 2.50. The van der Waals surface area contributed by atoms with E-state index in [0.29, 0.717) is 6.42 Å². The quantitative estimate of drug-likeness (QED) is 0.756. The van der Waals surface area contributed by atoms with Crippen molar-refractivity contribution in [2.75, 3.05) is 0 Å². The Morgan fingerprint density at radius 1 is 1.14 bits per heavy atom. The highest BCUT2D eigenvalue weighted by atomic mass is 79.9. The van der Waals surface area contributed by atoms with Crippen LogP contribution in [0, 0.1) is 6.92 Å². The summed E-state index contributed by atoms with van der Waals surface area (Å²) in [7, 11) is 0. The fraction of sp³-hybridized carbons (Fsp3) is 0.167. The molecule has 21 heavy (non-hydrogen) atoms. The van der Waals surface area contributed by atoms with Crippen molar-refractivity contribution < 1.29 is 5.11 Å². The summed E-state index contributed by atoms with van der Waals surface area (Å²) in [5.74, 6) is 0. The van der Waals surface area contributed by atoms with Gasteiger partial charge in [0.1, 0.15) is 0 Å². The number of fused-ring (bicyclic) bond motifs is 1. The van der Waals surface area contributed by atoms with Crippen molar-refractivity contribution in [3.8, 4) is 0 Å². The van der Waals surface area contributed by atoms with Crippen LogP contribution in [0.1, 0.15) is 22.8 Å². The molecule has 1 N–H and O–H groups in total. The van der Waals surface area contributed by atoms with Crippen molar-refractivity contribution in [3.05, 3.63) is 75.9 Å². The molecule has 1 atom stereocenters. The van der Waals surface area contributed by atoms with E-state index in [1.807, 2.05) is 49.4 Å². The Kier molecular flexibility index (Phi) is 4.04. The minimum absolute atomic E-state index is 0.521. The Labute approximate surface area is 132 Å². The fourth-order valence-electron chi connectivity index (χ4n) is 2.48. The Bertz CT molecular complexity index is 780. The SMILES string of the molecule is Cc1ccc(C(O)Cc2ccnc3ccccc23)cc1Br. The van der Waals surface area contributed by atoms with Gasteiger partial charge < -0.3 is 5.11 Å². The molecule has 0 radical (unpaired) electrons. The molecule has 0 saturated carbocycles. The van der Waals surface area contributed by atoms with Crippen LogP contribution in [0.15, 0.2) is 59.2 Å². The van der Waals surface area contributed by atoms with Crippen LogP contribution in [0.3, 0.4) is 0 Å². The van der Waals surface area contributed by atoms with Gasteiger partial charge in [-0.25, -0.2) is 0 Å². The molecule has 1 unspecified atom stereocenters. The number of nitrogens with zero attached hydrogens (tertiary/aromatic N) is 1. The van der Waals surface area contributed by atoms with Crippen LogP contribution in [0.25, 0.3) is 10.9 Å². The van der Waals surface area contributed by atoms with Crippen molar-refractivity contribution in [2.24, 2.45) is 0 Å². The monoisotopic (exact) mass is 341 g/mol. The van der Waals surface area contributed by atoms with Crippen molar-refractivity contribution in [1.29, 1.82) is 0 Å². The minimum atomic E-state index is -0.521. The first-order valence-corrected chi connectivity index (χ1v) is 7.71. The number of rotatable bonds is 3. The molecular weight excluding hydrogens is 326 g/mol. The zero-order chi connectivity index (χ0) is 14.8. The first kappa shape index (κ1) is 14.2. The van der Waals surface area contributed by atoms with E-state index in [2.05, 4.69) is 27.0 Å². The molecule has 3 heteroatoms. The Morgan fingerprint density at radius 3 is 2.76 bits per heavy atom. The molecule has 0 amide bonds. The van der Waals surface area contributed by atoms with Gasteiger partial charge in [-0.05, 0) is 41.8 Å². The summed E-state index contributed by atoms with van der Waals surface area (Å²) in [6.45, 7) is 2.04. The summed E-state index contributed by atoms with van der Waals surface area (Å²) in [5, 5.41) is 11.6. The van der Waals surface area contributed by atoms with Gasteiger partial charge in [-0.2, -0.15) is 0 Å². The number of hydrogen-bond acceptors (Lipinski definition) is 2. The third kappa shape index (κ3) is 2.99.